The van der Waals surface area contributed by atoms with Crippen molar-refractivity contribution in [2.45, 2.75) is 6.18 Å². The fourth-order valence-corrected chi connectivity index (χ4v) is 2.48. The molecule has 11 heteroatoms. The van der Waals surface area contributed by atoms with Crippen molar-refractivity contribution in [1.82, 2.24) is 29.9 Å². The average Bonchev–Trinajstić information content (AvgIpc) is 3.31. The zero-order valence-corrected chi connectivity index (χ0v) is 13.4. The van der Waals surface area contributed by atoms with Crippen LogP contribution in [0, 0.1) is 0 Å². The number of carbonyl (C=O) groups excluding carboxylic acids is 1. The highest BCUT2D eigenvalue weighted by Gasteiger charge is 2.31. The van der Waals surface area contributed by atoms with Crippen LogP contribution in [0.25, 0.3) is 16.7 Å². The monoisotopic (exact) mass is 373 g/mol. The summed E-state index contributed by atoms with van der Waals surface area (Å²) in [6.45, 7) is 0. The standard InChI is InChI=1S/C16H10F3N7O/c17-16(18,19)9-4-5-10-12(6-9)24-25-14(10)23-15(27)11-2-1-3-13(22-11)26-7-20-21-8-26/h1-8H,(H2,23,24,25,27). The fourth-order valence-electron chi connectivity index (χ4n) is 2.48. The van der Waals surface area contributed by atoms with Gasteiger partial charge in [0.2, 0.25) is 0 Å². The van der Waals surface area contributed by atoms with Gasteiger partial charge in [-0.25, -0.2) is 4.98 Å². The predicted molar refractivity (Wildman–Crippen MR) is 88.2 cm³/mol. The lowest BCUT2D eigenvalue weighted by Gasteiger charge is -2.06. The van der Waals surface area contributed by atoms with Crippen molar-refractivity contribution < 1.29 is 18.0 Å². The van der Waals surface area contributed by atoms with E-state index in [1.165, 1.54) is 29.4 Å². The summed E-state index contributed by atoms with van der Waals surface area (Å²) in [7, 11) is 0. The highest BCUT2D eigenvalue weighted by atomic mass is 19.4. The minimum atomic E-state index is -4.46. The van der Waals surface area contributed by atoms with Crippen LogP contribution in [0.15, 0.2) is 49.1 Å². The summed E-state index contributed by atoms with van der Waals surface area (Å²) in [4.78, 5) is 16.7. The number of carbonyl (C=O) groups is 1. The van der Waals surface area contributed by atoms with Gasteiger partial charge in [-0.3, -0.25) is 14.5 Å². The summed E-state index contributed by atoms with van der Waals surface area (Å²) < 4.78 is 39.9. The van der Waals surface area contributed by atoms with Gasteiger partial charge in [0.15, 0.2) is 5.82 Å². The number of rotatable bonds is 3. The molecule has 8 nitrogen and oxygen atoms in total. The van der Waals surface area contributed by atoms with Crippen LogP contribution in [-0.4, -0.2) is 35.9 Å². The molecular weight excluding hydrogens is 363 g/mol. The SMILES string of the molecule is O=C(Nc1n[nH]c2cc(C(F)(F)F)ccc12)c1cccc(-n2cnnc2)n1. The summed E-state index contributed by atoms with van der Waals surface area (Å²) in [5, 5.41) is 16.6. The summed E-state index contributed by atoms with van der Waals surface area (Å²) in [5.41, 5.74) is -0.546. The zero-order chi connectivity index (χ0) is 19.0. The molecule has 0 aliphatic rings. The number of aromatic amines is 1. The Morgan fingerprint density at radius 3 is 2.63 bits per heavy atom. The molecule has 0 saturated carbocycles. The highest BCUT2D eigenvalue weighted by Crippen LogP contribution is 2.32. The second-order valence-corrected chi connectivity index (χ2v) is 5.53. The summed E-state index contributed by atoms with van der Waals surface area (Å²) >= 11 is 0. The van der Waals surface area contributed by atoms with E-state index >= 15 is 0 Å². The van der Waals surface area contributed by atoms with Crippen molar-refractivity contribution >= 4 is 22.6 Å². The van der Waals surface area contributed by atoms with Crippen LogP contribution in [0.4, 0.5) is 19.0 Å². The second-order valence-electron chi connectivity index (χ2n) is 5.53. The molecule has 27 heavy (non-hydrogen) atoms. The summed E-state index contributed by atoms with van der Waals surface area (Å²) in [5.74, 6) is -0.00666. The maximum absolute atomic E-state index is 12.8. The molecule has 0 aliphatic heterocycles. The molecule has 0 radical (unpaired) electrons. The molecule has 0 unspecified atom stereocenters. The third-order valence-electron chi connectivity index (χ3n) is 3.77. The van der Waals surface area contributed by atoms with E-state index in [-0.39, 0.29) is 17.0 Å². The molecule has 1 aromatic carbocycles. The van der Waals surface area contributed by atoms with Gasteiger partial charge in [0, 0.05) is 5.39 Å². The Kier molecular flexibility index (Phi) is 3.83. The number of aromatic nitrogens is 6. The van der Waals surface area contributed by atoms with E-state index in [0.717, 1.165) is 12.1 Å². The first-order valence-corrected chi connectivity index (χ1v) is 7.60. The zero-order valence-electron chi connectivity index (χ0n) is 13.4. The number of alkyl halides is 3. The van der Waals surface area contributed by atoms with Gasteiger partial charge in [-0.2, -0.15) is 18.3 Å². The minimum Gasteiger partial charge on any atom is -0.303 e. The van der Waals surface area contributed by atoms with Gasteiger partial charge in [-0.05, 0) is 30.3 Å². The third-order valence-corrected chi connectivity index (χ3v) is 3.77. The van der Waals surface area contributed by atoms with Crippen LogP contribution in [0.1, 0.15) is 16.1 Å². The van der Waals surface area contributed by atoms with E-state index in [2.05, 4.69) is 30.7 Å². The molecule has 136 valence electrons. The van der Waals surface area contributed by atoms with Gasteiger partial charge >= 0.3 is 6.18 Å². The molecule has 3 heterocycles. The van der Waals surface area contributed by atoms with Gasteiger partial charge in [0.25, 0.3) is 5.91 Å². The summed E-state index contributed by atoms with van der Waals surface area (Å²) in [6.07, 6.45) is -1.60. The number of fused-ring (bicyclic) bond motifs is 1. The Labute approximate surface area is 149 Å². The first kappa shape index (κ1) is 16.7. The minimum absolute atomic E-state index is 0.101. The van der Waals surface area contributed by atoms with Crippen LogP contribution in [0.2, 0.25) is 0 Å². The largest absolute Gasteiger partial charge is 0.416 e. The third kappa shape index (κ3) is 3.21. The van der Waals surface area contributed by atoms with Crippen LogP contribution < -0.4 is 5.32 Å². The van der Waals surface area contributed by atoms with Gasteiger partial charge < -0.3 is 5.32 Å². The van der Waals surface area contributed by atoms with Crippen molar-refractivity contribution in [3.8, 4) is 5.82 Å². The number of amides is 1. The number of benzene rings is 1. The number of anilines is 1. The maximum Gasteiger partial charge on any atom is 0.416 e. The van der Waals surface area contributed by atoms with E-state index in [4.69, 9.17) is 0 Å². The lowest BCUT2D eigenvalue weighted by Crippen LogP contribution is -2.15. The van der Waals surface area contributed by atoms with Gasteiger partial charge in [0.1, 0.15) is 24.2 Å². The van der Waals surface area contributed by atoms with Crippen LogP contribution in [-0.2, 0) is 6.18 Å². The van der Waals surface area contributed by atoms with Crippen molar-refractivity contribution in [3.63, 3.8) is 0 Å². The quantitative estimate of drug-likeness (QED) is 0.575. The van der Waals surface area contributed by atoms with Gasteiger partial charge in [0.05, 0.1) is 11.1 Å². The van der Waals surface area contributed by atoms with E-state index in [9.17, 15) is 18.0 Å². The first-order chi connectivity index (χ1) is 12.9. The molecule has 3 aromatic heterocycles. The maximum atomic E-state index is 12.8. The lowest BCUT2D eigenvalue weighted by molar-refractivity contribution is -0.137. The Morgan fingerprint density at radius 1 is 1.11 bits per heavy atom. The number of halogens is 3. The number of nitrogens with zero attached hydrogens (tertiary/aromatic N) is 5. The smallest absolute Gasteiger partial charge is 0.303 e. The average molecular weight is 373 g/mol. The Hall–Kier alpha value is -3.76. The number of H-pyrrole nitrogens is 1. The molecule has 4 aromatic rings. The number of nitrogens with one attached hydrogen (secondary N) is 2. The molecular formula is C16H10F3N7O. The second kappa shape index (κ2) is 6.20. The molecule has 2 N–H and O–H groups in total. The Balaban J connectivity index is 1.61. The van der Waals surface area contributed by atoms with E-state index in [1.807, 2.05) is 0 Å². The van der Waals surface area contributed by atoms with Gasteiger partial charge in [-0.15, -0.1) is 10.2 Å². The van der Waals surface area contributed by atoms with E-state index in [0.29, 0.717) is 11.2 Å². The highest BCUT2D eigenvalue weighted by molar-refractivity contribution is 6.06. The molecule has 0 spiro atoms. The molecule has 0 fully saturated rings. The van der Waals surface area contributed by atoms with Crippen LogP contribution in [0.5, 0.6) is 0 Å². The Morgan fingerprint density at radius 2 is 1.89 bits per heavy atom. The molecule has 4 rings (SSSR count). The molecule has 0 bridgehead atoms. The summed E-state index contributed by atoms with van der Waals surface area (Å²) in [6, 6.07) is 7.91. The number of pyridine rings is 1. The van der Waals surface area contributed by atoms with Gasteiger partial charge in [-0.1, -0.05) is 6.07 Å². The first-order valence-electron chi connectivity index (χ1n) is 7.60. The fraction of sp³-hybridized carbons (Fsp3) is 0.0625. The Bertz CT molecular complexity index is 1120. The molecule has 0 saturated heterocycles. The topological polar surface area (TPSA) is 101 Å². The van der Waals surface area contributed by atoms with Crippen molar-refractivity contribution in [1.29, 1.82) is 0 Å². The van der Waals surface area contributed by atoms with Crippen LogP contribution in [0.3, 0.4) is 0 Å². The van der Waals surface area contributed by atoms with Crippen molar-refractivity contribution in [2.75, 3.05) is 5.32 Å². The lowest BCUT2D eigenvalue weighted by atomic mass is 10.1. The van der Waals surface area contributed by atoms with E-state index < -0.39 is 17.6 Å². The molecule has 0 atom stereocenters. The van der Waals surface area contributed by atoms with Crippen LogP contribution >= 0.6 is 0 Å². The predicted octanol–water partition coefficient (Wildman–Crippen LogP) is 2.81. The number of hydrogen-bond acceptors (Lipinski definition) is 5. The molecule has 1 amide bonds. The van der Waals surface area contributed by atoms with Crippen molar-refractivity contribution in [3.05, 3.63) is 60.3 Å². The normalized spacial score (nSPS) is 11.7. The van der Waals surface area contributed by atoms with E-state index in [1.54, 1.807) is 12.1 Å². The molecule has 0 aliphatic carbocycles. The number of hydrogen-bond donors (Lipinski definition) is 2. The van der Waals surface area contributed by atoms with Crippen molar-refractivity contribution in [2.24, 2.45) is 0 Å².